The molecule has 1 aromatic carbocycles. The number of carboxylic acid groups (broad SMARTS) is 2. The van der Waals surface area contributed by atoms with Crippen LogP contribution in [0.1, 0.15) is 44.6 Å². The summed E-state index contributed by atoms with van der Waals surface area (Å²) in [5.41, 5.74) is 11.7. The highest BCUT2D eigenvalue weighted by atomic mass is 16.4. The van der Waals surface area contributed by atoms with Gasteiger partial charge in [-0.3, -0.25) is 19.2 Å². The third-order valence-electron chi connectivity index (χ3n) is 5.64. The Morgan fingerprint density at radius 2 is 1.47 bits per heavy atom. The molecule has 1 rings (SSSR count). The highest BCUT2D eigenvalue weighted by Crippen LogP contribution is 2.12. The standard InChI is InChI=1S/C24H37N5O9/c1-13(30)20(23(36)28-18(24(37)38)12-14-5-7-15(31)8-6-14)29-22(35)17(4-2-3-11-25)27-21(34)16(26)9-10-19(32)33/h5-8,13,16-18,20,30-31H,2-4,9-12,25-26H2,1H3,(H,27,34)(H,28,36)(H,29,35)(H,32,33)(H,37,38). The van der Waals surface area contributed by atoms with Crippen LogP contribution in [0.3, 0.4) is 0 Å². The van der Waals surface area contributed by atoms with Crippen molar-refractivity contribution in [3.8, 4) is 5.75 Å². The molecule has 212 valence electrons. The molecular weight excluding hydrogens is 502 g/mol. The highest BCUT2D eigenvalue weighted by molar-refractivity contribution is 5.94. The maximum atomic E-state index is 13.0. The molecule has 38 heavy (non-hydrogen) atoms. The van der Waals surface area contributed by atoms with Gasteiger partial charge in [0.15, 0.2) is 0 Å². The largest absolute Gasteiger partial charge is 0.508 e. The number of hydrogen-bond acceptors (Lipinski definition) is 9. The van der Waals surface area contributed by atoms with E-state index in [4.69, 9.17) is 16.6 Å². The Morgan fingerprint density at radius 3 is 2.00 bits per heavy atom. The van der Waals surface area contributed by atoms with Crippen LogP contribution in [0.2, 0.25) is 0 Å². The second kappa shape index (κ2) is 16.2. The van der Waals surface area contributed by atoms with E-state index in [-0.39, 0.29) is 31.4 Å². The number of aliphatic hydroxyl groups is 1. The lowest BCUT2D eigenvalue weighted by atomic mass is 10.0. The number of nitrogens with one attached hydrogen (secondary N) is 3. The monoisotopic (exact) mass is 539 g/mol. The fourth-order valence-electron chi connectivity index (χ4n) is 3.44. The van der Waals surface area contributed by atoms with Crippen molar-refractivity contribution in [1.82, 2.24) is 16.0 Å². The summed E-state index contributed by atoms with van der Waals surface area (Å²) in [6, 6.07) is 0.372. The predicted molar refractivity (Wildman–Crippen MR) is 135 cm³/mol. The van der Waals surface area contributed by atoms with Crippen LogP contribution < -0.4 is 27.4 Å². The van der Waals surface area contributed by atoms with E-state index in [2.05, 4.69) is 16.0 Å². The molecular formula is C24H37N5O9. The summed E-state index contributed by atoms with van der Waals surface area (Å²) in [6.45, 7) is 1.56. The van der Waals surface area contributed by atoms with Gasteiger partial charge in [-0.25, -0.2) is 4.79 Å². The fraction of sp³-hybridized carbons (Fsp3) is 0.542. The molecule has 0 radical (unpaired) electrons. The molecule has 0 aromatic heterocycles. The third kappa shape index (κ3) is 11.5. The van der Waals surface area contributed by atoms with E-state index in [1.54, 1.807) is 0 Å². The van der Waals surface area contributed by atoms with E-state index in [1.807, 2.05) is 0 Å². The number of rotatable bonds is 17. The average molecular weight is 540 g/mol. The molecule has 11 N–H and O–H groups in total. The van der Waals surface area contributed by atoms with Gasteiger partial charge in [0.25, 0.3) is 0 Å². The molecule has 0 bridgehead atoms. The summed E-state index contributed by atoms with van der Waals surface area (Å²) >= 11 is 0. The smallest absolute Gasteiger partial charge is 0.326 e. The van der Waals surface area contributed by atoms with Gasteiger partial charge in [0.2, 0.25) is 17.7 Å². The van der Waals surface area contributed by atoms with Gasteiger partial charge in [0, 0.05) is 12.8 Å². The van der Waals surface area contributed by atoms with Crippen LogP contribution in [0.4, 0.5) is 0 Å². The first kappa shape index (κ1) is 32.3. The lowest BCUT2D eigenvalue weighted by Gasteiger charge is -2.26. The van der Waals surface area contributed by atoms with Crippen molar-refractivity contribution in [1.29, 1.82) is 0 Å². The number of phenols is 1. The summed E-state index contributed by atoms with van der Waals surface area (Å²) in [7, 11) is 0. The maximum absolute atomic E-state index is 13.0. The molecule has 5 unspecified atom stereocenters. The number of aliphatic hydroxyl groups excluding tert-OH is 1. The summed E-state index contributed by atoms with van der Waals surface area (Å²) in [5.74, 6) is -5.07. The number of aromatic hydroxyl groups is 1. The van der Waals surface area contributed by atoms with Crippen molar-refractivity contribution < 1.29 is 44.4 Å². The van der Waals surface area contributed by atoms with Crippen molar-refractivity contribution in [3.05, 3.63) is 29.8 Å². The van der Waals surface area contributed by atoms with E-state index in [1.165, 1.54) is 31.2 Å². The van der Waals surface area contributed by atoms with Crippen LogP contribution >= 0.6 is 0 Å². The SMILES string of the molecule is CC(O)C(NC(=O)C(CCCCN)NC(=O)C(N)CCC(=O)O)C(=O)NC(Cc1ccc(O)cc1)C(=O)O. The summed E-state index contributed by atoms with van der Waals surface area (Å²) in [6.07, 6.45) is -0.991. The molecule has 0 heterocycles. The van der Waals surface area contributed by atoms with Gasteiger partial charge >= 0.3 is 11.9 Å². The Kier molecular flexibility index (Phi) is 13.7. The average Bonchev–Trinajstić information content (AvgIpc) is 2.85. The Bertz CT molecular complexity index is 955. The first-order chi connectivity index (χ1) is 17.8. The molecule has 3 amide bonds. The highest BCUT2D eigenvalue weighted by Gasteiger charge is 2.32. The number of nitrogens with two attached hydrogens (primary N) is 2. The molecule has 0 aliphatic carbocycles. The molecule has 5 atom stereocenters. The minimum Gasteiger partial charge on any atom is -0.508 e. The number of carbonyl (C=O) groups is 5. The number of carboxylic acids is 2. The molecule has 0 spiro atoms. The first-order valence-corrected chi connectivity index (χ1v) is 12.1. The van der Waals surface area contributed by atoms with Gasteiger partial charge in [0.1, 0.15) is 23.9 Å². The van der Waals surface area contributed by atoms with E-state index < -0.39 is 59.9 Å². The summed E-state index contributed by atoms with van der Waals surface area (Å²) < 4.78 is 0. The van der Waals surface area contributed by atoms with Gasteiger partial charge in [0.05, 0.1) is 12.1 Å². The Labute approximate surface area is 219 Å². The van der Waals surface area contributed by atoms with E-state index >= 15 is 0 Å². The maximum Gasteiger partial charge on any atom is 0.326 e. The molecule has 14 heteroatoms. The number of carbonyl (C=O) groups excluding carboxylic acids is 3. The van der Waals surface area contributed by atoms with Crippen LogP contribution in [0.5, 0.6) is 5.75 Å². The van der Waals surface area contributed by atoms with E-state index in [0.29, 0.717) is 24.9 Å². The Hall–Kier alpha value is -3.75. The molecule has 1 aromatic rings. The first-order valence-electron chi connectivity index (χ1n) is 12.1. The van der Waals surface area contributed by atoms with Crippen LogP contribution in [0.15, 0.2) is 24.3 Å². The molecule has 0 fully saturated rings. The fourth-order valence-corrected chi connectivity index (χ4v) is 3.44. The zero-order valence-electron chi connectivity index (χ0n) is 21.1. The number of benzene rings is 1. The van der Waals surface area contributed by atoms with Gasteiger partial charge in [-0.2, -0.15) is 0 Å². The van der Waals surface area contributed by atoms with Crippen molar-refractivity contribution in [2.45, 2.75) is 75.7 Å². The van der Waals surface area contributed by atoms with Crippen LogP contribution in [-0.2, 0) is 30.4 Å². The summed E-state index contributed by atoms with van der Waals surface area (Å²) in [4.78, 5) is 60.8. The van der Waals surface area contributed by atoms with E-state index in [0.717, 1.165) is 0 Å². The van der Waals surface area contributed by atoms with E-state index in [9.17, 15) is 39.3 Å². The van der Waals surface area contributed by atoms with Gasteiger partial charge in [-0.05, 0) is 56.8 Å². The van der Waals surface area contributed by atoms with Gasteiger partial charge < -0.3 is 47.8 Å². The molecule has 0 saturated heterocycles. The van der Waals surface area contributed by atoms with Gasteiger partial charge in [-0.1, -0.05) is 12.1 Å². The minimum absolute atomic E-state index is 0.0162. The zero-order chi connectivity index (χ0) is 28.8. The lowest BCUT2D eigenvalue weighted by molar-refractivity contribution is -0.143. The molecule has 14 nitrogen and oxygen atoms in total. The predicted octanol–water partition coefficient (Wildman–Crippen LogP) is -1.82. The van der Waals surface area contributed by atoms with Gasteiger partial charge in [-0.15, -0.1) is 0 Å². The number of amides is 3. The Balaban J connectivity index is 2.95. The van der Waals surface area contributed by atoms with Crippen molar-refractivity contribution in [2.24, 2.45) is 11.5 Å². The Morgan fingerprint density at radius 1 is 0.868 bits per heavy atom. The number of hydrogen-bond donors (Lipinski definition) is 9. The van der Waals surface area contributed by atoms with Crippen LogP contribution in [0, 0.1) is 0 Å². The quantitative estimate of drug-likeness (QED) is 0.0995. The lowest BCUT2D eigenvalue weighted by Crippen LogP contribution is -2.60. The second-order valence-corrected chi connectivity index (χ2v) is 8.88. The minimum atomic E-state index is -1.56. The topological polar surface area (TPSA) is 254 Å². The van der Waals surface area contributed by atoms with Crippen molar-refractivity contribution in [2.75, 3.05) is 6.54 Å². The molecule has 0 saturated carbocycles. The normalized spacial score (nSPS) is 14.8. The number of unbranched alkanes of at least 4 members (excludes halogenated alkanes) is 1. The third-order valence-corrected chi connectivity index (χ3v) is 5.64. The molecule has 0 aliphatic heterocycles. The van der Waals surface area contributed by atoms with Crippen LogP contribution in [-0.4, -0.2) is 86.9 Å². The number of phenolic OH excluding ortho intramolecular Hbond substituents is 1. The van der Waals surface area contributed by atoms with Crippen molar-refractivity contribution in [3.63, 3.8) is 0 Å². The second-order valence-electron chi connectivity index (χ2n) is 8.88. The zero-order valence-corrected chi connectivity index (χ0v) is 21.1. The summed E-state index contributed by atoms with van der Waals surface area (Å²) in [5, 5.41) is 45.0. The van der Waals surface area contributed by atoms with Crippen LogP contribution in [0.25, 0.3) is 0 Å². The number of aliphatic carboxylic acids is 2. The van der Waals surface area contributed by atoms with Crippen molar-refractivity contribution >= 4 is 29.7 Å². The molecule has 0 aliphatic rings.